The number of amides is 4. The number of aromatic amines is 2. The average molecular weight is 791 g/mol. The Hall–Kier alpha value is -5.92. The van der Waals surface area contributed by atoms with E-state index in [9.17, 15) is 19.2 Å². The summed E-state index contributed by atoms with van der Waals surface area (Å²) in [6, 6.07) is 17.1. The first-order valence-electron chi connectivity index (χ1n) is 20.5. The van der Waals surface area contributed by atoms with Crippen molar-refractivity contribution in [3.05, 3.63) is 72.4 Å². The normalized spacial score (nSPS) is 17.9. The first-order valence-corrected chi connectivity index (χ1v) is 20.5. The van der Waals surface area contributed by atoms with Crippen molar-refractivity contribution in [2.75, 3.05) is 26.3 Å². The highest BCUT2D eigenvalue weighted by molar-refractivity contribution is 5.92. The zero-order valence-corrected chi connectivity index (χ0v) is 34.1. The average Bonchev–Trinajstić information content (AvgIpc) is 4.04. The number of fused-ring (bicyclic) bond motifs is 2. The molecule has 4 amide bonds. The Morgan fingerprint density at radius 1 is 0.707 bits per heavy atom. The molecular formula is C44H54N8O6. The van der Waals surface area contributed by atoms with E-state index in [2.05, 4.69) is 69.1 Å². The van der Waals surface area contributed by atoms with Crippen molar-refractivity contribution < 1.29 is 28.7 Å². The molecular weight excluding hydrogens is 737 g/mol. The largest absolute Gasteiger partial charge is 0.450 e. The lowest BCUT2D eigenvalue weighted by Gasteiger charge is -2.30. The summed E-state index contributed by atoms with van der Waals surface area (Å²) in [5, 5.41) is 7.68. The molecule has 0 bridgehead atoms. The molecule has 4 unspecified atom stereocenters. The van der Waals surface area contributed by atoms with Crippen LogP contribution in [0.5, 0.6) is 0 Å². The van der Waals surface area contributed by atoms with E-state index >= 15 is 0 Å². The number of hydrogen-bond donors (Lipinski definition) is 4. The van der Waals surface area contributed by atoms with Gasteiger partial charge in [-0.2, -0.15) is 0 Å². The summed E-state index contributed by atoms with van der Waals surface area (Å²) in [5.41, 5.74) is 5.67. The molecule has 4 atom stereocenters. The Balaban J connectivity index is 1.06. The summed E-state index contributed by atoms with van der Waals surface area (Å²) in [5.74, 6) is 0.985. The third-order valence-corrected chi connectivity index (χ3v) is 11.2. The van der Waals surface area contributed by atoms with Gasteiger partial charge in [0.2, 0.25) is 11.8 Å². The fourth-order valence-corrected chi connectivity index (χ4v) is 8.23. The van der Waals surface area contributed by atoms with Crippen molar-refractivity contribution in [1.29, 1.82) is 0 Å². The molecule has 4 N–H and O–H groups in total. The molecule has 14 nitrogen and oxygen atoms in total. The van der Waals surface area contributed by atoms with Gasteiger partial charge < -0.3 is 39.9 Å². The van der Waals surface area contributed by atoms with E-state index < -0.39 is 24.3 Å². The van der Waals surface area contributed by atoms with E-state index in [-0.39, 0.29) is 48.9 Å². The van der Waals surface area contributed by atoms with Crippen molar-refractivity contribution in [3.8, 4) is 22.4 Å². The van der Waals surface area contributed by atoms with Crippen molar-refractivity contribution in [2.45, 2.75) is 91.4 Å². The summed E-state index contributed by atoms with van der Waals surface area (Å²) in [4.78, 5) is 72.1. The minimum absolute atomic E-state index is 0.107. The van der Waals surface area contributed by atoms with Crippen molar-refractivity contribution in [1.82, 2.24) is 40.4 Å². The second-order valence-electron chi connectivity index (χ2n) is 15.9. The number of aromatic nitrogens is 4. The number of imidazole rings is 2. The van der Waals surface area contributed by atoms with Gasteiger partial charge in [-0.05, 0) is 97.5 Å². The molecule has 3 aromatic carbocycles. The fourth-order valence-electron chi connectivity index (χ4n) is 8.23. The summed E-state index contributed by atoms with van der Waals surface area (Å²) in [6.07, 6.45) is 3.90. The van der Waals surface area contributed by atoms with E-state index in [1.807, 2.05) is 49.8 Å². The highest BCUT2D eigenvalue weighted by Crippen LogP contribution is 2.36. The van der Waals surface area contributed by atoms with Crippen LogP contribution in [0.1, 0.15) is 91.0 Å². The topological polar surface area (TPSA) is 175 Å². The number of H-pyrrole nitrogens is 2. The Labute approximate surface area is 338 Å². The molecule has 2 aliphatic heterocycles. The molecule has 0 saturated carbocycles. The van der Waals surface area contributed by atoms with Gasteiger partial charge >= 0.3 is 12.2 Å². The van der Waals surface area contributed by atoms with Gasteiger partial charge in [0.1, 0.15) is 23.7 Å². The lowest BCUT2D eigenvalue weighted by molar-refractivity contribution is -0.136. The monoisotopic (exact) mass is 790 g/mol. The molecule has 2 fully saturated rings. The van der Waals surface area contributed by atoms with Gasteiger partial charge in [0.05, 0.1) is 48.2 Å². The zero-order valence-electron chi connectivity index (χ0n) is 34.1. The molecule has 5 aromatic rings. The molecule has 2 aliphatic rings. The number of carbonyl (C=O) groups excluding carboxylic acids is 4. The highest BCUT2D eigenvalue weighted by Gasteiger charge is 2.39. The van der Waals surface area contributed by atoms with Crippen LogP contribution in [0.25, 0.3) is 44.2 Å². The molecule has 0 radical (unpaired) electrons. The van der Waals surface area contributed by atoms with Gasteiger partial charge in [0.25, 0.3) is 0 Å². The predicted octanol–water partition coefficient (Wildman–Crippen LogP) is 7.64. The second-order valence-corrected chi connectivity index (χ2v) is 15.9. The molecule has 2 saturated heterocycles. The molecule has 2 aromatic heterocycles. The molecule has 14 heteroatoms. The van der Waals surface area contributed by atoms with E-state index in [0.29, 0.717) is 13.1 Å². The number of benzene rings is 3. The number of carbonyl (C=O) groups is 4. The van der Waals surface area contributed by atoms with Gasteiger partial charge in [0, 0.05) is 18.7 Å². The standard InChI is InChI=1S/C44H54N8O6/c1-7-57-43(55)49-37(25(3)4)41(53)51-19-9-11-35(51)39-45-24-34(48-39)31-16-15-27-21-28(13-14-29(27)22-31)30-17-18-32-33(23-30)47-40(46-32)36-12-10-20-52(36)42(54)38(26(5)6)50-44(56)58-8-2/h13-18,21-26,35-38H,7-12,19-20H2,1-6H3,(H,45,48)(H,46,47)(H,49,55)(H,50,56). The smallest absolute Gasteiger partial charge is 0.407 e. The maximum atomic E-state index is 13.7. The zero-order chi connectivity index (χ0) is 41.1. The van der Waals surface area contributed by atoms with E-state index in [4.69, 9.17) is 19.4 Å². The predicted molar refractivity (Wildman–Crippen MR) is 222 cm³/mol. The number of likely N-dealkylation sites (tertiary alicyclic amines) is 2. The molecule has 58 heavy (non-hydrogen) atoms. The van der Waals surface area contributed by atoms with Gasteiger partial charge in [-0.1, -0.05) is 58.0 Å². The first-order chi connectivity index (χ1) is 27.9. The van der Waals surface area contributed by atoms with Gasteiger partial charge in [-0.15, -0.1) is 0 Å². The highest BCUT2D eigenvalue weighted by atomic mass is 16.6. The molecule has 4 heterocycles. The second kappa shape index (κ2) is 17.3. The van der Waals surface area contributed by atoms with Crippen molar-refractivity contribution >= 4 is 45.8 Å². The van der Waals surface area contributed by atoms with E-state index in [0.717, 1.165) is 81.5 Å². The third-order valence-electron chi connectivity index (χ3n) is 11.2. The summed E-state index contributed by atoms with van der Waals surface area (Å²) in [7, 11) is 0. The van der Waals surface area contributed by atoms with Crippen molar-refractivity contribution in [2.24, 2.45) is 11.8 Å². The minimum atomic E-state index is -0.691. The molecule has 7 rings (SSSR count). The summed E-state index contributed by atoms with van der Waals surface area (Å²) in [6.45, 7) is 12.8. The third kappa shape index (κ3) is 8.37. The number of alkyl carbamates (subject to hydrolysis) is 2. The Bertz CT molecular complexity index is 2300. The van der Waals surface area contributed by atoms with Gasteiger partial charge in [0.15, 0.2) is 0 Å². The number of ether oxygens (including phenoxy) is 2. The van der Waals surface area contributed by atoms with Crippen molar-refractivity contribution in [3.63, 3.8) is 0 Å². The SMILES string of the molecule is CCOC(=O)NC(C(=O)N1CCCC1c1ncc(-c2ccc3cc(-c4ccc5nc(C6CCCN6C(=O)C(NC(=O)OCC)C(C)C)[nH]c5c4)ccc3c2)[nH]1)C(C)C. The maximum absolute atomic E-state index is 13.7. The van der Waals surface area contributed by atoms with Gasteiger partial charge in [-0.25, -0.2) is 19.6 Å². The fraction of sp³-hybridized carbons (Fsp3) is 0.455. The lowest BCUT2D eigenvalue weighted by atomic mass is 9.99. The Kier molecular flexibility index (Phi) is 12.0. The molecule has 0 spiro atoms. The van der Waals surface area contributed by atoms with Crippen LogP contribution in [0, 0.1) is 11.8 Å². The Morgan fingerprint density at radius 3 is 1.79 bits per heavy atom. The van der Waals surface area contributed by atoms with Crippen LogP contribution in [0.3, 0.4) is 0 Å². The number of nitrogens with zero attached hydrogens (tertiary/aromatic N) is 4. The van der Waals surface area contributed by atoms with Crippen LogP contribution in [-0.4, -0.2) is 92.1 Å². The van der Waals surface area contributed by atoms with E-state index in [1.54, 1.807) is 13.8 Å². The van der Waals surface area contributed by atoms with Crippen LogP contribution in [0.4, 0.5) is 9.59 Å². The maximum Gasteiger partial charge on any atom is 0.407 e. The minimum Gasteiger partial charge on any atom is -0.450 e. The molecule has 0 aliphatic carbocycles. The molecule has 306 valence electrons. The summed E-state index contributed by atoms with van der Waals surface area (Å²) >= 11 is 0. The van der Waals surface area contributed by atoms with Crippen LogP contribution in [-0.2, 0) is 19.1 Å². The number of hydrogen-bond acceptors (Lipinski definition) is 8. The lowest BCUT2D eigenvalue weighted by Crippen LogP contribution is -2.51. The summed E-state index contributed by atoms with van der Waals surface area (Å²) < 4.78 is 10.1. The first kappa shape index (κ1) is 40.3. The van der Waals surface area contributed by atoms with Crippen LogP contribution < -0.4 is 10.6 Å². The van der Waals surface area contributed by atoms with E-state index in [1.165, 1.54) is 0 Å². The van der Waals surface area contributed by atoms with Crippen LogP contribution >= 0.6 is 0 Å². The number of nitrogens with one attached hydrogen (secondary N) is 4. The number of rotatable bonds is 12. The quantitative estimate of drug-likeness (QED) is 0.0998. The Morgan fingerprint density at radius 2 is 1.22 bits per heavy atom. The van der Waals surface area contributed by atoms with Crippen LogP contribution in [0.15, 0.2) is 60.8 Å². The van der Waals surface area contributed by atoms with Crippen LogP contribution in [0.2, 0.25) is 0 Å². The van der Waals surface area contributed by atoms with Gasteiger partial charge in [-0.3, -0.25) is 9.59 Å².